The number of hydrogen-bond acceptors (Lipinski definition) is 7. The summed E-state index contributed by atoms with van der Waals surface area (Å²) in [5.41, 5.74) is 8.86. The zero-order chi connectivity index (χ0) is 21.2. The fraction of sp³-hybridized carbons (Fsp3) is 0.318. The van der Waals surface area contributed by atoms with Gasteiger partial charge in [-0.15, -0.1) is 5.10 Å². The van der Waals surface area contributed by atoms with Gasteiger partial charge < -0.3 is 20.4 Å². The average molecular weight is 419 g/mol. The van der Waals surface area contributed by atoms with Crippen LogP contribution in [0.5, 0.6) is 5.75 Å². The second kappa shape index (κ2) is 8.27. The molecule has 2 aromatic heterocycles. The number of ether oxygens (including phenoxy) is 1. The number of nitrogens with two attached hydrogens (primary N) is 1. The van der Waals surface area contributed by atoms with E-state index in [1.54, 1.807) is 0 Å². The van der Waals surface area contributed by atoms with Gasteiger partial charge in [-0.1, -0.05) is 12.1 Å². The zero-order valence-electron chi connectivity index (χ0n) is 17.5. The molecule has 0 radical (unpaired) electrons. The van der Waals surface area contributed by atoms with Gasteiger partial charge in [0.2, 0.25) is 17.8 Å². The van der Waals surface area contributed by atoms with Gasteiger partial charge in [-0.25, -0.2) is 4.98 Å². The molecule has 0 unspecified atom stereocenters. The van der Waals surface area contributed by atoms with Gasteiger partial charge in [0.25, 0.3) is 0 Å². The van der Waals surface area contributed by atoms with Crippen LogP contribution < -0.4 is 15.8 Å². The highest BCUT2D eigenvalue weighted by atomic mass is 16.5. The van der Waals surface area contributed by atoms with Crippen molar-refractivity contribution in [2.75, 3.05) is 37.3 Å². The van der Waals surface area contributed by atoms with E-state index in [-0.39, 0.29) is 5.95 Å². The van der Waals surface area contributed by atoms with Gasteiger partial charge in [0.05, 0.1) is 11.0 Å². The highest BCUT2D eigenvalue weighted by Gasteiger charge is 2.15. The normalized spacial score (nSPS) is 14.4. The number of nitrogens with zero attached hydrogens (tertiary/aromatic N) is 6. The Morgan fingerprint density at radius 1 is 1.03 bits per heavy atom. The minimum absolute atomic E-state index is 0.266. The number of aryl methyl sites for hydroxylation is 1. The van der Waals surface area contributed by atoms with Crippen molar-refractivity contribution >= 4 is 28.6 Å². The largest absolute Gasteiger partial charge is 0.492 e. The molecule has 4 aromatic rings. The monoisotopic (exact) mass is 418 g/mol. The molecule has 0 spiro atoms. The van der Waals surface area contributed by atoms with E-state index in [4.69, 9.17) is 10.5 Å². The lowest BCUT2D eigenvalue weighted by molar-refractivity contribution is 0.238. The standard InChI is InChI=1S/C22H26N8O/c1-28-19-7-3-2-6-18(19)25-22(28)30-20(23)26-21(27-30)24-16-8-10-17(11-9-16)31-15-14-29-12-4-5-13-29/h2-3,6-11H,4-5,12-15H2,1H3,(H3,23,24,26,27). The molecule has 3 heterocycles. The maximum Gasteiger partial charge on any atom is 0.248 e. The third-order valence-corrected chi connectivity index (χ3v) is 5.57. The van der Waals surface area contributed by atoms with Crippen molar-refractivity contribution < 1.29 is 4.74 Å². The second-order valence-corrected chi connectivity index (χ2v) is 7.71. The summed E-state index contributed by atoms with van der Waals surface area (Å²) in [5, 5.41) is 7.69. The number of benzene rings is 2. The molecule has 160 valence electrons. The van der Waals surface area contributed by atoms with E-state index in [1.807, 2.05) is 60.1 Å². The predicted molar refractivity (Wildman–Crippen MR) is 121 cm³/mol. The summed E-state index contributed by atoms with van der Waals surface area (Å²) in [6.45, 7) is 4.04. The lowest BCUT2D eigenvalue weighted by atomic mass is 10.3. The van der Waals surface area contributed by atoms with Crippen LogP contribution in [-0.2, 0) is 7.05 Å². The average Bonchev–Trinajstić information content (AvgIpc) is 3.50. The molecule has 31 heavy (non-hydrogen) atoms. The summed E-state index contributed by atoms with van der Waals surface area (Å²) in [7, 11) is 1.93. The number of imidazole rings is 1. The molecule has 0 atom stereocenters. The summed E-state index contributed by atoms with van der Waals surface area (Å²) >= 11 is 0. The molecule has 1 aliphatic rings. The molecule has 3 N–H and O–H groups in total. The van der Waals surface area contributed by atoms with Crippen molar-refractivity contribution in [1.29, 1.82) is 0 Å². The highest BCUT2D eigenvalue weighted by molar-refractivity contribution is 5.77. The van der Waals surface area contributed by atoms with Gasteiger partial charge in [0.1, 0.15) is 12.4 Å². The van der Waals surface area contributed by atoms with Gasteiger partial charge in [-0.2, -0.15) is 9.67 Å². The van der Waals surface area contributed by atoms with E-state index < -0.39 is 0 Å². The van der Waals surface area contributed by atoms with E-state index in [1.165, 1.54) is 30.6 Å². The fourth-order valence-corrected chi connectivity index (χ4v) is 3.91. The van der Waals surface area contributed by atoms with Crippen molar-refractivity contribution in [3.63, 3.8) is 0 Å². The Labute approximate surface area is 180 Å². The van der Waals surface area contributed by atoms with Gasteiger partial charge >= 0.3 is 0 Å². The van der Waals surface area contributed by atoms with Crippen LogP contribution in [0, 0.1) is 0 Å². The number of nitrogens with one attached hydrogen (secondary N) is 1. The topological polar surface area (TPSA) is 99.1 Å². The Kier molecular flexibility index (Phi) is 5.17. The molecule has 1 fully saturated rings. The van der Waals surface area contributed by atoms with Crippen LogP contribution in [0.3, 0.4) is 0 Å². The third-order valence-electron chi connectivity index (χ3n) is 5.57. The first kappa shape index (κ1) is 19.4. The Hall–Kier alpha value is -3.59. The summed E-state index contributed by atoms with van der Waals surface area (Å²) in [6, 6.07) is 15.7. The van der Waals surface area contributed by atoms with Crippen molar-refractivity contribution in [2.45, 2.75) is 12.8 Å². The molecule has 0 aliphatic carbocycles. The lowest BCUT2D eigenvalue weighted by Gasteiger charge is -2.15. The molecule has 5 rings (SSSR count). The molecule has 1 aliphatic heterocycles. The van der Waals surface area contributed by atoms with Crippen LogP contribution in [0.15, 0.2) is 48.5 Å². The summed E-state index contributed by atoms with van der Waals surface area (Å²) < 4.78 is 9.34. The van der Waals surface area contributed by atoms with Crippen LogP contribution in [0.25, 0.3) is 17.0 Å². The number of aromatic nitrogens is 5. The van der Waals surface area contributed by atoms with Gasteiger partial charge in [-0.3, -0.25) is 4.90 Å². The van der Waals surface area contributed by atoms with Crippen LogP contribution >= 0.6 is 0 Å². The van der Waals surface area contributed by atoms with Crippen LogP contribution in [0.2, 0.25) is 0 Å². The van der Waals surface area contributed by atoms with Crippen molar-refractivity contribution in [3.05, 3.63) is 48.5 Å². The Morgan fingerprint density at radius 2 is 1.81 bits per heavy atom. The number of fused-ring (bicyclic) bond motifs is 1. The molecule has 1 saturated heterocycles. The van der Waals surface area contributed by atoms with E-state index in [0.29, 0.717) is 18.5 Å². The van der Waals surface area contributed by atoms with Crippen LogP contribution in [0.4, 0.5) is 17.6 Å². The second-order valence-electron chi connectivity index (χ2n) is 7.71. The van der Waals surface area contributed by atoms with Gasteiger partial charge in [0.15, 0.2) is 0 Å². The number of nitrogen functional groups attached to an aromatic ring is 1. The summed E-state index contributed by atoms with van der Waals surface area (Å²) in [5.74, 6) is 2.14. The van der Waals surface area contributed by atoms with Crippen LogP contribution in [0.1, 0.15) is 12.8 Å². The first-order valence-corrected chi connectivity index (χ1v) is 10.5. The molecular formula is C22H26N8O. The molecule has 9 nitrogen and oxygen atoms in total. The van der Waals surface area contributed by atoms with Crippen molar-refractivity contribution in [2.24, 2.45) is 7.05 Å². The zero-order valence-corrected chi connectivity index (χ0v) is 17.5. The third kappa shape index (κ3) is 4.04. The summed E-state index contributed by atoms with van der Waals surface area (Å²) in [6.07, 6.45) is 2.59. The lowest BCUT2D eigenvalue weighted by Crippen LogP contribution is -2.25. The maximum atomic E-state index is 6.12. The van der Waals surface area contributed by atoms with Crippen LogP contribution in [-0.4, -0.2) is 55.5 Å². The van der Waals surface area contributed by atoms with E-state index in [0.717, 1.165) is 29.0 Å². The molecule has 0 amide bonds. The maximum absolute atomic E-state index is 6.12. The molecule has 0 bridgehead atoms. The number of likely N-dealkylation sites (tertiary alicyclic amines) is 1. The molecule has 9 heteroatoms. The van der Waals surface area contributed by atoms with Gasteiger partial charge in [0, 0.05) is 19.3 Å². The molecular weight excluding hydrogens is 392 g/mol. The smallest absolute Gasteiger partial charge is 0.248 e. The number of para-hydroxylation sites is 2. The summed E-state index contributed by atoms with van der Waals surface area (Å²) in [4.78, 5) is 11.4. The Morgan fingerprint density at radius 3 is 2.58 bits per heavy atom. The number of hydrogen-bond donors (Lipinski definition) is 2. The highest BCUT2D eigenvalue weighted by Crippen LogP contribution is 2.22. The Bertz CT molecular complexity index is 1170. The fourth-order valence-electron chi connectivity index (χ4n) is 3.91. The predicted octanol–water partition coefficient (Wildman–Crippen LogP) is 2.95. The quantitative estimate of drug-likeness (QED) is 0.476. The number of rotatable bonds is 7. The first-order chi connectivity index (χ1) is 15.2. The SMILES string of the molecule is Cn1c(-n2nc(Nc3ccc(OCCN4CCCC4)cc3)nc2N)nc2ccccc21. The molecule has 0 saturated carbocycles. The molecule has 2 aromatic carbocycles. The van der Waals surface area contributed by atoms with E-state index >= 15 is 0 Å². The first-order valence-electron chi connectivity index (χ1n) is 10.5. The minimum atomic E-state index is 0.266. The van der Waals surface area contributed by atoms with E-state index in [2.05, 4.69) is 25.3 Å². The minimum Gasteiger partial charge on any atom is -0.492 e. The van der Waals surface area contributed by atoms with Crippen molar-refractivity contribution in [3.8, 4) is 11.7 Å². The van der Waals surface area contributed by atoms with Gasteiger partial charge in [-0.05, 0) is 62.3 Å². The number of anilines is 3. The van der Waals surface area contributed by atoms with E-state index in [9.17, 15) is 0 Å². The Balaban J connectivity index is 1.26. The van der Waals surface area contributed by atoms with Crippen molar-refractivity contribution in [1.82, 2.24) is 29.2 Å².